The average Bonchev–Trinajstić information content (AvgIpc) is 2.75. The Hall–Kier alpha value is -3.12. The Balaban J connectivity index is 1.45. The van der Waals surface area contributed by atoms with Gasteiger partial charge in [-0.3, -0.25) is 4.79 Å². The molecule has 1 saturated heterocycles. The SMILES string of the molecule is Cc1ccccc1C(=O)N1CCN(c2cc(Oc3ccc(Cl)cc3)ncn2)CC1C. The molecule has 0 N–H and O–H groups in total. The van der Waals surface area contributed by atoms with E-state index in [9.17, 15) is 4.79 Å². The van der Waals surface area contributed by atoms with Crippen LogP contribution in [-0.2, 0) is 0 Å². The van der Waals surface area contributed by atoms with E-state index in [0.717, 1.165) is 16.9 Å². The molecule has 154 valence electrons. The molecule has 7 heteroatoms. The first-order chi connectivity index (χ1) is 14.5. The van der Waals surface area contributed by atoms with E-state index in [2.05, 4.69) is 21.8 Å². The van der Waals surface area contributed by atoms with E-state index >= 15 is 0 Å². The molecule has 3 aromatic rings. The number of ether oxygens (including phenoxy) is 1. The summed E-state index contributed by atoms with van der Waals surface area (Å²) in [6, 6.07) is 16.7. The predicted octanol–water partition coefficient (Wildman–Crippen LogP) is 4.58. The van der Waals surface area contributed by atoms with Gasteiger partial charge in [-0.1, -0.05) is 29.8 Å². The van der Waals surface area contributed by atoms with E-state index in [1.54, 1.807) is 24.3 Å². The van der Waals surface area contributed by atoms with Crippen LogP contribution in [0.3, 0.4) is 0 Å². The first-order valence-corrected chi connectivity index (χ1v) is 10.3. The Labute approximate surface area is 181 Å². The van der Waals surface area contributed by atoms with Gasteiger partial charge in [-0.2, -0.15) is 0 Å². The largest absolute Gasteiger partial charge is 0.439 e. The molecular formula is C23H23ClN4O2. The molecule has 1 amide bonds. The molecule has 1 fully saturated rings. The zero-order chi connectivity index (χ0) is 21.1. The second-order valence-corrected chi connectivity index (χ2v) is 7.82. The van der Waals surface area contributed by atoms with Gasteiger partial charge in [0.2, 0.25) is 5.88 Å². The first-order valence-electron chi connectivity index (χ1n) is 9.88. The number of aryl methyl sites for hydroxylation is 1. The topological polar surface area (TPSA) is 58.6 Å². The highest BCUT2D eigenvalue weighted by Crippen LogP contribution is 2.25. The number of anilines is 1. The van der Waals surface area contributed by atoms with Crippen molar-refractivity contribution in [2.75, 3.05) is 24.5 Å². The van der Waals surface area contributed by atoms with Crippen LogP contribution in [0, 0.1) is 6.92 Å². The zero-order valence-corrected chi connectivity index (χ0v) is 17.7. The van der Waals surface area contributed by atoms with Crippen LogP contribution in [0.4, 0.5) is 5.82 Å². The maximum Gasteiger partial charge on any atom is 0.254 e. The molecule has 1 atom stereocenters. The summed E-state index contributed by atoms with van der Waals surface area (Å²) >= 11 is 5.92. The summed E-state index contributed by atoms with van der Waals surface area (Å²) in [5.74, 6) is 1.98. The molecule has 4 rings (SSSR count). The van der Waals surface area contributed by atoms with E-state index in [1.807, 2.05) is 42.2 Å². The number of hydrogen-bond donors (Lipinski definition) is 0. The minimum atomic E-state index is 0.0569. The van der Waals surface area contributed by atoms with Crippen molar-refractivity contribution in [3.63, 3.8) is 0 Å². The normalized spacial score (nSPS) is 16.4. The van der Waals surface area contributed by atoms with Crippen LogP contribution in [-0.4, -0.2) is 46.5 Å². The smallest absolute Gasteiger partial charge is 0.254 e. The first kappa shape index (κ1) is 20.2. The third kappa shape index (κ3) is 4.39. The summed E-state index contributed by atoms with van der Waals surface area (Å²) < 4.78 is 5.82. The Morgan fingerprint density at radius 1 is 1.10 bits per heavy atom. The van der Waals surface area contributed by atoms with Crippen LogP contribution in [0.25, 0.3) is 0 Å². The van der Waals surface area contributed by atoms with E-state index in [1.165, 1.54) is 6.33 Å². The van der Waals surface area contributed by atoms with Crippen molar-refractivity contribution in [3.8, 4) is 11.6 Å². The number of carbonyl (C=O) groups is 1. The van der Waals surface area contributed by atoms with Crippen molar-refractivity contribution in [2.45, 2.75) is 19.9 Å². The molecule has 30 heavy (non-hydrogen) atoms. The van der Waals surface area contributed by atoms with Gasteiger partial charge in [0.05, 0.1) is 0 Å². The highest BCUT2D eigenvalue weighted by molar-refractivity contribution is 6.30. The van der Waals surface area contributed by atoms with E-state index < -0.39 is 0 Å². The fourth-order valence-corrected chi connectivity index (χ4v) is 3.74. The van der Waals surface area contributed by atoms with Crippen LogP contribution in [0.2, 0.25) is 5.02 Å². The standard InChI is InChI=1S/C23H23ClN4O2/c1-16-5-3-4-6-20(16)23(29)28-12-11-27(14-17(28)2)21-13-22(26-15-25-21)30-19-9-7-18(24)8-10-19/h3-10,13,15,17H,11-12,14H2,1-2H3. The van der Waals surface area contributed by atoms with Crippen molar-refractivity contribution in [1.29, 1.82) is 0 Å². The third-order valence-corrected chi connectivity index (χ3v) is 5.50. The number of amides is 1. The summed E-state index contributed by atoms with van der Waals surface area (Å²) in [7, 11) is 0. The van der Waals surface area contributed by atoms with Gasteiger partial charge in [-0.15, -0.1) is 0 Å². The summed E-state index contributed by atoms with van der Waals surface area (Å²) in [5.41, 5.74) is 1.76. The fourth-order valence-electron chi connectivity index (χ4n) is 3.62. The average molecular weight is 423 g/mol. The summed E-state index contributed by atoms with van der Waals surface area (Å²) in [6.07, 6.45) is 1.50. The lowest BCUT2D eigenvalue weighted by molar-refractivity contribution is 0.0673. The van der Waals surface area contributed by atoms with Crippen LogP contribution in [0.1, 0.15) is 22.8 Å². The molecule has 1 aliphatic rings. The van der Waals surface area contributed by atoms with Crippen molar-refractivity contribution in [2.24, 2.45) is 0 Å². The van der Waals surface area contributed by atoms with Crippen molar-refractivity contribution in [3.05, 3.63) is 77.1 Å². The van der Waals surface area contributed by atoms with Gasteiger partial charge in [0.15, 0.2) is 0 Å². The summed E-state index contributed by atoms with van der Waals surface area (Å²) in [6.45, 7) is 6.05. The number of piperazine rings is 1. The van der Waals surface area contributed by atoms with Crippen LogP contribution in [0.5, 0.6) is 11.6 Å². The minimum absolute atomic E-state index is 0.0569. The highest BCUT2D eigenvalue weighted by atomic mass is 35.5. The van der Waals surface area contributed by atoms with Gasteiger partial charge >= 0.3 is 0 Å². The fraction of sp³-hybridized carbons (Fsp3) is 0.261. The third-order valence-electron chi connectivity index (χ3n) is 5.25. The van der Waals surface area contributed by atoms with Gasteiger partial charge < -0.3 is 14.5 Å². The maximum atomic E-state index is 13.0. The number of hydrogen-bond acceptors (Lipinski definition) is 5. The molecule has 6 nitrogen and oxygen atoms in total. The number of nitrogens with zero attached hydrogens (tertiary/aromatic N) is 4. The Morgan fingerprint density at radius 2 is 1.87 bits per heavy atom. The molecular weight excluding hydrogens is 400 g/mol. The highest BCUT2D eigenvalue weighted by Gasteiger charge is 2.29. The molecule has 1 unspecified atom stereocenters. The molecule has 2 heterocycles. The lowest BCUT2D eigenvalue weighted by atomic mass is 10.1. The molecule has 0 saturated carbocycles. The molecule has 0 bridgehead atoms. The Kier molecular flexibility index (Phi) is 5.86. The van der Waals surface area contributed by atoms with Crippen molar-refractivity contribution < 1.29 is 9.53 Å². The van der Waals surface area contributed by atoms with Crippen LogP contribution < -0.4 is 9.64 Å². The van der Waals surface area contributed by atoms with Crippen LogP contribution >= 0.6 is 11.6 Å². The number of carbonyl (C=O) groups excluding carboxylic acids is 1. The number of benzene rings is 2. The molecule has 1 aliphatic heterocycles. The lowest BCUT2D eigenvalue weighted by Crippen LogP contribution is -2.54. The van der Waals surface area contributed by atoms with Gasteiger partial charge in [0, 0.05) is 42.3 Å². The van der Waals surface area contributed by atoms with Gasteiger partial charge in [0.25, 0.3) is 5.91 Å². The number of aromatic nitrogens is 2. The van der Waals surface area contributed by atoms with Crippen molar-refractivity contribution >= 4 is 23.3 Å². The maximum absolute atomic E-state index is 13.0. The zero-order valence-electron chi connectivity index (χ0n) is 17.0. The van der Waals surface area contributed by atoms with Gasteiger partial charge in [0.1, 0.15) is 17.9 Å². The Bertz CT molecular complexity index is 1040. The second-order valence-electron chi connectivity index (χ2n) is 7.38. The quantitative estimate of drug-likeness (QED) is 0.615. The summed E-state index contributed by atoms with van der Waals surface area (Å²) in [5, 5.41) is 0.651. The Morgan fingerprint density at radius 3 is 2.60 bits per heavy atom. The molecule has 2 aromatic carbocycles. The summed E-state index contributed by atoms with van der Waals surface area (Å²) in [4.78, 5) is 25.7. The monoisotopic (exact) mass is 422 g/mol. The molecule has 0 aliphatic carbocycles. The van der Waals surface area contributed by atoms with Gasteiger partial charge in [-0.05, 0) is 49.7 Å². The number of rotatable bonds is 4. The number of halogens is 1. The molecule has 0 radical (unpaired) electrons. The van der Waals surface area contributed by atoms with Gasteiger partial charge in [-0.25, -0.2) is 9.97 Å². The predicted molar refractivity (Wildman–Crippen MR) is 117 cm³/mol. The lowest BCUT2D eigenvalue weighted by Gasteiger charge is -2.40. The van der Waals surface area contributed by atoms with E-state index in [0.29, 0.717) is 36.3 Å². The molecule has 1 aromatic heterocycles. The van der Waals surface area contributed by atoms with E-state index in [-0.39, 0.29) is 11.9 Å². The molecule has 0 spiro atoms. The van der Waals surface area contributed by atoms with E-state index in [4.69, 9.17) is 16.3 Å². The van der Waals surface area contributed by atoms with Crippen molar-refractivity contribution in [1.82, 2.24) is 14.9 Å². The second kappa shape index (κ2) is 8.71. The van der Waals surface area contributed by atoms with Crippen LogP contribution in [0.15, 0.2) is 60.9 Å². The minimum Gasteiger partial charge on any atom is -0.439 e.